The van der Waals surface area contributed by atoms with E-state index in [0.29, 0.717) is 28.5 Å². The lowest BCUT2D eigenvalue weighted by Gasteiger charge is -2.14. The number of fused-ring (bicyclic) bond motifs is 1. The Kier molecular flexibility index (Phi) is 4.70. The molecular weight excluding hydrogens is 320 g/mol. The van der Waals surface area contributed by atoms with Gasteiger partial charge >= 0.3 is 0 Å². The van der Waals surface area contributed by atoms with Crippen LogP contribution in [0, 0.1) is 0 Å². The predicted octanol–water partition coefficient (Wildman–Crippen LogP) is 3.51. The van der Waals surface area contributed by atoms with Crippen LogP contribution in [0.25, 0.3) is 10.8 Å². The van der Waals surface area contributed by atoms with Crippen LogP contribution in [-0.2, 0) is 0 Å². The molecule has 1 heterocycles. The third-order valence-corrected chi connectivity index (χ3v) is 3.84. The molecule has 1 aromatic heterocycles. The Labute approximate surface area is 145 Å². The minimum atomic E-state index is -0.294. The molecule has 6 heteroatoms. The molecule has 3 rings (SSSR count). The van der Waals surface area contributed by atoms with Gasteiger partial charge in [-0.15, -0.1) is 0 Å². The second-order valence-electron chi connectivity index (χ2n) is 5.28. The van der Waals surface area contributed by atoms with Crippen molar-refractivity contribution in [2.75, 3.05) is 26.6 Å². The Balaban J connectivity index is 1.98. The number of aromatic nitrogens is 1. The first-order chi connectivity index (χ1) is 12.2. The van der Waals surface area contributed by atoms with Crippen LogP contribution in [0.5, 0.6) is 17.2 Å². The molecule has 0 unspecified atom stereocenters. The van der Waals surface area contributed by atoms with E-state index in [1.807, 2.05) is 24.3 Å². The largest absolute Gasteiger partial charge is 0.493 e. The monoisotopic (exact) mass is 338 g/mol. The number of pyridine rings is 1. The molecule has 0 radical (unpaired) electrons. The maximum absolute atomic E-state index is 12.7. The van der Waals surface area contributed by atoms with Gasteiger partial charge in [0, 0.05) is 22.5 Å². The molecule has 0 saturated heterocycles. The Morgan fingerprint density at radius 2 is 1.64 bits per heavy atom. The average molecular weight is 338 g/mol. The summed E-state index contributed by atoms with van der Waals surface area (Å²) in [4.78, 5) is 16.9. The van der Waals surface area contributed by atoms with Crippen LogP contribution >= 0.6 is 0 Å². The smallest absolute Gasteiger partial charge is 0.255 e. The molecule has 0 aliphatic heterocycles. The Hall–Kier alpha value is -3.28. The highest BCUT2D eigenvalue weighted by atomic mass is 16.5. The first-order valence-corrected chi connectivity index (χ1v) is 7.62. The van der Waals surface area contributed by atoms with E-state index in [0.717, 1.165) is 10.8 Å². The summed E-state index contributed by atoms with van der Waals surface area (Å²) in [5.41, 5.74) is 1.03. The maximum atomic E-state index is 12.7. The highest BCUT2D eigenvalue weighted by molar-refractivity contribution is 6.09. The topological polar surface area (TPSA) is 69.7 Å². The predicted molar refractivity (Wildman–Crippen MR) is 95.8 cm³/mol. The Morgan fingerprint density at radius 1 is 0.960 bits per heavy atom. The van der Waals surface area contributed by atoms with Crippen molar-refractivity contribution >= 4 is 22.4 Å². The van der Waals surface area contributed by atoms with Gasteiger partial charge in [0.05, 0.1) is 33.2 Å². The first kappa shape index (κ1) is 16.6. The van der Waals surface area contributed by atoms with E-state index in [2.05, 4.69) is 10.3 Å². The SMILES string of the molecule is COc1cc(C(=O)Nc2cncc3ccccc23)cc(OC)c1OC. The second-order valence-corrected chi connectivity index (χ2v) is 5.28. The maximum Gasteiger partial charge on any atom is 0.255 e. The van der Waals surface area contributed by atoms with Crippen LogP contribution in [0.4, 0.5) is 5.69 Å². The minimum Gasteiger partial charge on any atom is -0.493 e. The summed E-state index contributed by atoms with van der Waals surface area (Å²) in [5.74, 6) is 0.983. The lowest BCUT2D eigenvalue weighted by atomic mass is 10.1. The van der Waals surface area contributed by atoms with Crippen molar-refractivity contribution < 1.29 is 19.0 Å². The van der Waals surface area contributed by atoms with Crippen molar-refractivity contribution in [1.82, 2.24) is 4.98 Å². The van der Waals surface area contributed by atoms with Gasteiger partial charge in [0.2, 0.25) is 5.75 Å². The summed E-state index contributed by atoms with van der Waals surface area (Å²) >= 11 is 0. The van der Waals surface area contributed by atoms with Gasteiger partial charge in [-0.05, 0) is 12.1 Å². The summed E-state index contributed by atoms with van der Waals surface area (Å²) in [6.45, 7) is 0. The number of benzene rings is 2. The van der Waals surface area contributed by atoms with E-state index in [1.54, 1.807) is 24.5 Å². The summed E-state index contributed by atoms with van der Waals surface area (Å²) in [6, 6.07) is 10.9. The van der Waals surface area contributed by atoms with Crippen molar-refractivity contribution in [2.45, 2.75) is 0 Å². The van der Waals surface area contributed by atoms with E-state index in [9.17, 15) is 4.79 Å². The van der Waals surface area contributed by atoms with Crippen molar-refractivity contribution in [3.05, 3.63) is 54.4 Å². The molecule has 1 amide bonds. The van der Waals surface area contributed by atoms with Gasteiger partial charge in [0.25, 0.3) is 5.91 Å². The van der Waals surface area contributed by atoms with E-state index < -0.39 is 0 Å². The van der Waals surface area contributed by atoms with E-state index >= 15 is 0 Å². The molecule has 0 bridgehead atoms. The van der Waals surface area contributed by atoms with Crippen LogP contribution in [0.15, 0.2) is 48.8 Å². The molecule has 3 aromatic rings. The summed E-state index contributed by atoms with van der Waals surface area (Å²) in [7, 11) is 4.53. The number of rotatable bonds is 5. The normalized spacial score (nSPS) is 10.4. The molecule has 1 N–H and O–H groups in total. The zero-order valence-corrected chi connectivity index (χ0v) is 14.2. The molecule has 128 valence electrons. The van der Waals surface area contributed by atoms with E-state index in [-0.39, 0.29) is 5.91 Å². The fraction of sp³-hybridized carbons (Fsp3) is 0.158. The van der Waals surface area contributed by atoms with Gasteiger partial charge < -0.3 is 19.5 Å². The molecule has 25 heavy (non-hydrogen) atoms. The number of methoxy groups -OCH3 is 3. The van der Waals surface area contributed by atoms with Crippen molar-refractivity contribution in [2.24, 2.45) is 0 Å². The second kappa shape index (κ2) is 7.09. The minimum absolute atomic E-state index is 0.294. The zero-order chi connectivity index (χ0) is 17.8. The molecule has 0 saturated carbocycles. The van der Waals surface area contributed by atoms with Gasteiger partial charge in [-0.2, -0.15) is 0 Å². The highest BCUT2D eigenvalue weighted by Crippen LogP contribution is 2.38. The molecule has 0 fully saturated rings. The fourth-order valence-corrected chi connectivity index (χ4v) is 2.62. The number of ether oxygens (including phenoxy) is 3. The molecule has 6 nitrogen and oxygen atoms in total. The van der Waals surface area contributed by atoms with Gasteiger partial charge in [0.1, 0.15) is 0 Å². The number of nitrogens with zero attached hydrogens (tertiary/aromatic N) is 1. The van der Waals surface area contributed by atoms with Crippen LogP contribution in [0.2, 0.25) is 0 Å². The molecule has 0 atom stereocenters. The van der Waals surface area contributed by atoms with Gasteiger partial charge in [-0.1, -0.05) is 24.3 Å². The van der Waals surface area contributed by atoms with Crippen LogP contribution in [0.1, 0.15) is 10.4 Å². The number of carbonyl (C=O) groups excluding carboxylic acids is 1. The lowest BCUT2D eigenvalue weighted by Crippen LogP contribution is -2.13. The number of amides is 1. The van der Waals surface area contributed by atoms with Crippen molar-refractivity contribution in [3.63, 3.8) is 0 Å². The zero-order valence-electron chi connectivity index (χ0n) is 14.2. The fourth-order valence-electron chi connectivity index (χ4n) is 2.62. The van der Waals surface area contributed by atoms with Crippen LogP contribution in [-0.4, -0.2) is 32.2 Å². The summed E-state index contributed by atoms with van der Waals surface area (Å²) < 4.78 is 15.9. The number of nitrogens with one attached hydrogen (secondary N) is 1. The summed E-state index contributed by atoms with van der Waals surface area (Å²) in [6.07, 6.45) is 3.38. The quantitative estimate of drug-likeness (QED) is 0.771. The number of hydrogen-bond acceptors (Lipinski definition) is 5. The molecule has 2 aromatic carbocycles. The summed E-state index contributed by atoms with van der Waals surface area (Å²) in [5, 5.41) is 4.75. The molecule has 0 aliphatic carbocycles. The van der Waals surface area contributed by atoms with Crippen molar-refractivity contribution in [1.29, 1.82) is 0 Å². The van der Waals surface area contributed by atoms with Crippen LogP contribution in [0.3, 0.4) is 0 Å². The standard InChI is InChI=1S/C19H18N2O4/c1-23-16-8-13(9-17(24-2)18(16)25-3)19(22)21-15-11-20-10-12-6-4-5-7-14(12)15/h4-11H,1-3H3,(H,21,22). The average Bonchev–Trinajstić information content (AvgIpc) is 2.66. The third kappa shape index (κ3) is 3.19. The van der Waals surface area contributed by atoms with E-state index in [1.165, 1.54) is 21.3 Å². The van der Waals surface area contributed by atoms with E-state index in [4.69, 9.17) is 14.2 Å². The Bertz CT molecular complexity index is 894. The highest BCUT2D eigenvalue weighted by Gasteiger charge is 2.17. The molecule has 0 spiro atoms. The third-order valence-electron chi connectivity index (χ3n) is 3.84. The first-order valence-electron chi connectivity index (χ1n) is 7.62. The van der Waals surface area contributed by atoms with Gasteiger partial charge in [-0.25, -0.2) is 0 Å². The lowest BCUT2D eigenvalue weighted by molar-refractivity contribution is 0.102. The van der Waals surface area contributed by atoms with Gasteiger partial charge in [0.15, 0.2) is 11.5 Å². The van der Waals surface area contributed by atoms with Crippen molar-refractivity contribution in [3.8, 4) is 17.2 Å². The number of hydrogen-bond donors (Lipinski definition) is 1. The molecule has 0 aliphatic rings. The molecular formula is C19H18N2O4. The van der Waals surface area contributed by atoms with Gasteiger partial charge in [-0.3, -0.25) is 9.78 Å². The van der Waals surface area contributed by atoms with Crippen LogP contribution < -0.4 is 19.5 Å². The Morgan fingerprint density at radius 3 is 2.28 bits per heavy atom. The number of anilines is 1. The number of carbonyl (C=O) groups is 1.